The normalized spacial score (nSPS) is 15.3. The summed E-state index contributed by atoms with van der Waals surface area (Å²) in [6, 6.07) is 24.4. The third-order valence-electron chi connectivity index (χ3n) is 5.10. The second kappa shape index (κ2) is 8.32. The van der Waals surface area contributed by atoms with Crippen molar-refractivity contribution in [3.8, 4) is 0 Å². The second-order valence-corrected chi connectivity index (χ2v) is 8.41. The highest BCUT2D eigenvalue weighted by molar-refractivity contribution is 8.20. The highest BCUT2D eigenvalue weighted by Gasteiger charge is 2.31. The van der Waals surface area contributed by atoms with Gasteiger partial charge in [0.15, 0.2) is 5.04 Å². The summed E-state index contributed by atoms with van der Waals surface area (Å²) in [4.78, 5) is 26.9. The maximum Gasteiger partial charge on any atom is 0.285 e. The van der Waals surface area contributed by atoms with Crippen molar-refractivity contribution in [1.29, 1.82) is 0 Å². The summed E-state index contributed by atoms with van der Waals surface area (Å²) >= 11 is 1.06. The van der Waals surface area contributed by atoms with E-state index in [1.165, 1.54) is 11.3 Å². The highest BCUT2D eigenvalue weighted by atomic mass is 32.2. The summed E-state index contributed by atoms with van der Waals surface area (Å²) < 4.78 is 5.38. The molecule has 156 valence electrons. The molecule has 0 bridgehead atoms. The number of hydrogen-bond acceptors (Lipinski definition) is 5. The molecule has 3 aromatic carbocycles. The minimum atomic E-state index is -0.315. The topological polar surface area (TPSA) is 62.9 Å². The van der Waals surface area contributed by atoms with Crippen molar-refractivity contribution < 1.29 is 14.0 Å². The summed E-state index contributed by atoms with van der Waals surface area (Å²) in [5.74, 6) is -0.0230. The van der Waals surface area contributed by atoms with E-state index in [0.29, 0.717) is 21.9 Å². The van der Waals surface area contributed by atoms with E-state index < -0.39 is 0 Å². The Bertz CT molecular complexity index is 1390. The number of amides is 1. The first kappa shape index (κ1) is 20.0. The fourth-order valence-corrected chi connectivity index (χ4v) is 4.30. The van der Waals surface area contributed by atoms with E-state index in [2.05, 4.69) is 5.10 Å². The molecule has 2 heterocycles. The smallest absolute Gasteiger partial charge is 0.285 e. The van der Waals surface area contributed by atoms with Crippen molar-refractivity contribution in [3.63, 3.8) is 0 Å². The van der Waals surface area contributed by atoms with Gasteiger partial charge in [-0.2, -0.15) is 10.1 Å². The van der Waals surface area contributed by atoms with Gasteiger partial charge < -0.3 is 4.42 Å². The molecular formula is C26H18N2O3S. The van der Waals surface area contributed by atoms with Crippen LogP contribution in [-0.4, -0.2) is 16.7 Å². The number of benzene rings is 3. The maximum atomic E-state index is 13.4. The number of anilines is 1. The third kappa shape index (κ3) is 3.88. The number of ketones is 1. The molecule has 0 saturated heterocycles. The number of hydrogen-bond donors (Lipinski definition) is 0. The number of carbonyl (C=O) groups is 2. The number of rotatable bonds is 4. The summed E-state index contributed by atoms with van der Waals surface area (Å²) in [7, 11) is 0. The number of hydrazone groups is 1. The number of fused-ring (bicyclic) bond motifs is 1. The van der Waals surface area contributed by atoms with Gasteiger partial charge in [-0.25, -0.2) is 0 Å². The average Bonchev–Trinajstić information content (AvgIpc) is 3.33. The van der Waals surface area contributed by atoms with Gasteiger partial charge in [-0.1, -0.05) is 65.9 Å². The molecule has 5 nitrogen and oxygen atoms in total. The van der Waals surface area contributed by atoms with Gasteiger partial charge >= 0.3 is 0 Å². The van der Waals surface area contributed by atoms with E-state index >= 15 is 0 Å². The van der Waals surface area contributed by atoms with Crippen molar-refractivity contribution in [2.45, 2.75) is 6.92 Å². The van der Waals surface area contributed by atoms with Gasteiger partial charge in [-0.15, -0.1) is 0 Å². The second-order valence-electron chi connectivity index (χ2n) is 7.37. The zero-order valence-corrected chi connectivity index (χ0v) is 18.0. The number of carbonyl (C=O) groups excluding carboxylic acids is 2. The lowest BCUT2D eigenvalue weighted by Crippen LogP contribution is -2.33. The van der Waals surface area contributed by atoms with E-state index in [9.17, 15) is 9.59 Å². The van der Waals surface area contributed by atoms with E-state index in [-0.39, 0.29) is 16.7 Å². The molecule has 32 heavy (non-hydrogen) atoms. The first-order valence-electron chi connectivity index (χ1n) is 10.0. The summed E-state index contributed by atoms with van der Waals surface area (Å²) in [5.41, 5.74) is 2.18. The lowest BCUT2D eigenvalue weighted by atomic mass is 10.0. The van der Waals surface area contributed by atoms with E-state index in [0.717, 1.165) is 28.1 Å². The third-order valence-corrected chi connectivity index (χ3v) is 6.07. The molecule has 0 aliphatic carbocycles. The molecule has 1 amide bonds. The van der Waals surface area contributed by atoms with Crippen LogP contribution in [0.5, 0.6) is 0 Å². The number of thioether (sulfide) groups is 1. The number of nitrogens with zero attached hydrogens (tertiary/aromatic N) is 2. The average molecular weight is 439 g/mol. The van der Waals surface area contributed by atoms with Gasteiger partial charge in [0.05, 0.1) is 16.9 Å². The van der Waals surface area contributed by atoms with Gasteiger partial charge in [0.25, 0.3) is 5.91 Å². The Morgan fingerprint density at radius 3 is 2.50 bits per heavy atom. The van der Waals surface area contributed by atoms with Crippen LogP contribution in [0.4, 0.5) is 5.69 Å². The SMILES string of the molecule is Cc1ccc(N2N=C(C(=O)c3ccc4ccccc4c3)SC(=Cc3ccco3)C2=O)cc1. The molecular weight excluding hydrogens is 420 g/mol. The Labute approximate surface area is 189 Å². The van der Waals surface area contributed by atoms with Gasteiger partial charge in [0.2, 0.25) is 5.78 Å². The fourth-order valence-electron chi connectivity index (χ4n) is 3.41. The molecule has 4 aromatic rings. The first-order valence-corrected chi connectivity index (χ1v) is 10.9. The first-order chi connectivity index (χ1) is 15.6. The number of furan rings is 1. The van der Waals surface area contributed by atoms with Crippen LogP contribution in [0.1, 0.15) is 21.7 Å². The Balaban J connectivity index is 1.57. The van der Waals surface area contributed by atoms with Gasteiger partial charge in [0.1, 0.15) is 5.76 Å². The van der Waals surface area contributed by atoms with Crippen molar-refractivity contribution in [2.24, 2.45) is 5.10 Å². The Kier molecular flexibility index (Phi) is 5.21. The van der Waals surface area contributed by atoms with Crippen LogP contribution in [0.2, 0.25) is 0 Å². The standard InChI is InChI=1S/C26H18N2O3S/c1-17-8-12-21(13-9-17)28-26(30)23(16-22-7-4-14-31-22)32-25(27-28)24(29)20-11-10-18-5-2-3-6-19(18)15-20/h2-16H,1H3. The van der Waals surface area contributed by atoms with Crippen LogP contribution >= 0.6 is 11.8 Å². The molecule has 0 radical (unpaired) electrons. The van der Waals surface area contributed by atoms with Crippen LogP contribution in [-0.2, 0) is 4.79 Å². The van der Waals surface area contributed by atoms with E-state index in [1.54, 1.807) is 24.3 Å². The molecule has 5 rings (SSSR count). The molecule has 0 saturated carbocycles. The van der Waals surface area contributed by atoms with Crippen LogP contribution < -0.4 is 5.01 Å². The van der Waals surface area contributed by atoms with Gasteiger partial charge in [0, 0.05) is 11.6 Å². The number of aryl methyl sites for hydroxylation is 1. The number of Topliss-reactive ketones (excluding diaryl/α,β-unsaturated/α-hetero) is 1. The Morgan fingerprint density at radius 2 is 1.75 bits per heavy atom. The molecule has 0 spiro atoms. The minimum Gasteiger partial charge on any atom is -0.465 e. The molecule has 6 heteroatoms. The molecule has 1 aliphatic heterocycles. The van der Waals surface area contributed by atoms with Crippen molar-refractivity contribution in [1.82, 2.24) is 0 Å². The summed E-state index contributed by atoms with van der Waals surface area (Å²) in [6.07, 6.45) is 3.17. The van der Waals surface area contributed by atoms with Crippen molar-refractivity contribution in [2.75, 3.05) is 5.01 Å². The molecule has 0 N–H and O–H groups in total. The molecule has 0 atom stereocenters. The van der Waals surface area contributed by atoms with E-state index in [4.69, 9.17) is 4.42 Å². The quantitative estimate of drug-likeness (QED) is 0.287. The van der Waals surface area contributed by atoms with Crippen LogP contribution in [0.3, 0.4) is 0 Å². The Hall–Kier alpha value is -3.90. The summed E-state index contributed by atoms with van der Waals surface area (Å²) in [6.45, 7) is 1.97. The van der Waals surface area contributed by atoms with Crippen LogP contribution in [0.15, 0.2) is 99.5 Å². The zero-order chi connectivity index (χ0) is 22.1. The molecule has 1 aromatic heterocycles. The van der Waals surface area contributed by atoms with Gasteiger partial charge in [-0.3, -0.25) is 9.59 Å². The molecule has 0 unspecified atom stereocenters. The largest absolute Gasteiger partial charge is 0.465 e. The predicted molar refractivity (Wildman–Crippen MR) is 129 cm³/mol. The lowest BCUT2D eigenvalue weighted by Gasteiger charge is -2.24. The van der Waals surface area contributed by atoms with Crippen molar-refractivity contribution >= 4 is 51.0 Å². The zero-order valence-electron chi connectivity index (χ0n) is 17.2. The lowest BCUT2D eigenvalue weighted by molar-refractivity contribution is -0.114. The van der Waals surface area contributed by atoms with Gasteiger partial charge in [-0.05, 0) is 48.0 Å². The molecule has 0 fully saturated rings. The monoisotopic (exact) mass is 438 g/mol. The predicted octanol–water partition coefficient (Wildman–Crippen LogP) is 6.06. The van der Waals surface area contributed by atoms with Crippen molar-refractivity contribution in [3.05, 3.63) is 107 Å². The van der Waals surface area contributed by atoms with Crippen LogP contribution in [0.25, 0.3) is 16.8 Å². The van der Waals surface area contributed by atoms with E-state index in [1.807, 2.05) is 67.6 Å². The maximum absolute atomic E-state index is 13.4. The summed E-state index contributed by atoms with van der Waals surface area (Å²) in [5, 5.41) is 7.96. The molecule has 1 aliphatic rings. The minimum absolute atomic E-state index is 0.221. The fraction of sp³-hybridized carbons (Fsp3) is 0.0385. The van der Waals surface area contributed by atoms with Crippen LogP contribution in [0, 0.1) is 6.92 Å². The Morgan fingerprint density at radius 1 is 0.969 bits per heavy atom. The highest BCUT2D eigenvalue weighted by Crippen LogP contribution is 2.33.